The lowest BCUT2D eigenvalue weighted by atomic mass is 10.1. The number of anilines is 1. The van der Waals surface area contributed by atoms with E-state index in [1.807, 2.05) is 19.1 Å². The zero-order chi connectivity index (χ0) is 14.5. The van der Waals surface area contributed by atoms with E-state index in [1.165, 1.54) is 7.11 Å². The lowest BCUT2D eigenvalue weighted by Gasteiger charge is -2.09. The van der Waals surface area contributed by atoms with Crippen LogP contribution in [0.25, 0.3) is 0 Å². The van der Waals surface area contributed by atoms with Crippen molar-refractivity contribution >= 4 is 11.7 Å². The predicted octanol–water partition coefficient (Wildman–Crippen LogP) is 2.86. The highest BCUT2D eigenvalue weighted by atomic mass is 16.5. The van der Waals surface area contributed by atoms with Gasteiger partial charge in [0.2, 0.25) is 5.76 Å². The largest absolute Gasteiger partial charge is 0.465 e. The van der Waals surface area contributed by atoms with Crippen LogP contribution in [0.5, 0.6) is 0 Å². The summed E-state index contributed by atoms with van der Waals surface area (Å²) >= 11 is 0. The first-order valence-corrected chi connectivity index (χ1v) is 6.05. The summed E-state index contributed by atoms with van der Waals surface area (Å²) in [4.78, 5) is 11.5. The van der Waals surface area contributed by atoms with Crippen molar-refractivity contribution in [2.75, 3.05) is 12.4 Å². The maximum atomic E-state index is 11.5. The number of esters is 1. The standard InChI is InChI=1S/C15H14N2O3/c1-10-3-4-11(15(18)19-2)7-14(10)17-9-13-6-5-12(8-16)20-13/h3-7,17H,9H2,1-2H3. The summed E-state index contributed by atoms with van der Waals surface area (Å²) in [6.07, 6.45) is 0. The van der Waals surface area contributed by atoms with Gasteiger partial charge in [-0.05, 0) is 36.8 Å². The second-order valence-electron chi connectivity index (χ2n) is 4.25. The normalized spacial score (nSPS) is 9.85. The van der Waals surface area contributed by atoms with Gasteiger partial charge in [0.15, 0.2) is 0 Å². The van der Waals surface area contributed by atoms with E-state index in [0.717, 1.165) is 11.3 Å². The first-order valence-electron chi connectivity index (χ1n) is 6.05. The number of nitrogens with zero attached hydrogens (tertiary/aromatic N) is 1. The van der Waals surface area contributed by atoms with E-state index in [4.69, 9.17) is 14.4 Å². The third kappa shape index (κ3) is 2.98. The van der Waals surface area contributed by atoms with E-state index in [9.17, 15) is 4.79 Å². The molecule has 0 amide bonds. The quantitative estimate of drug-likeness (QED) is 0.864. The fraction of sp³-hybridized carbons (Fsp3) is 0.200. The van der Waals surface area contributed by atoms with Gasteiger partial charge in [0.25, 0.3) is 0 Å². The smallest absolute Gasteiger partial charge is 0.337 e. The Balaban J connectivity index is 2.12. The molecule has 0 bridgehead atoms. The zero-order valence-corrected chi connectivity index (χ0v) is 11.3. The van der Waals surface area contributed by atoms with Gasteiger partial charge in [-0.3, -0.25) is 0 Å². The Kier molecular flexibility index (Phi) is 4.06. The van der Waals surface area contributed by atoms with Crippen LogP contribution in [0.2, 0.25) is 0 Å². The molecule has 0 aliphatic heterocycles. The Bertz CT molecular complexity index is 668. The molecule has 0 unspecified atom stereocenters. The number of carbonyl (C=O) groups excluding carboxylic acids is 1. The van der Waals surface area contributed by atoms with Crippen molar-refractivity contribution in [2.24, 2.45) is 0 Å². The molecule has 0 fully saturated rings. The van der Waals surface area contributed by atoms with E-state index in [2.05, 4.69) is 5.32 Å². The minimum absolute atomic E-state index is 0.279. The van der Waals surface area contributed by atoms with Crippen molar-refractivity contribution in [1.82, 2.24) is 0 Å². The Morgan fingerprint density at radius 1 is 1.40 bits per heavy atom. The summed E-state index contributed by atoms with van der Waals surface area (Å²) in [5.41, 5.74) is 2.31. The second-order valence-corrected chi connectivity index (χ2v) is 4.25. The maximum absolute atomic E-state index is 11.5. The number of nitrogens with one attached hydrogen (secondary N) is 1. The fourth-order valence-corrected chi connectivity index (χ4v) is 1.77. The highest BCUT2D eigenvalue weighted by Gasteiger charge is 2.08. The summed E-state index contributed by atoms with van der Waals surface area (Å²) in [7, 11) is 1.35. The number of aryl methyl sites for hydroxylation is 1. The van der Waals surface area contributed by atoms with Crippen molar-refractivity contribution < 1.29 is 13.9 Å². The third-order valence-electron chi connectivity index (χ3n) is 2.88. The summed E-state index contributed by atoms with van der Waals surface area (Å²) < 4.78 is 9.97. The van der Waals surface area contributed by atoms with Crippen LogP contribution >= 0.6 is 0 Å². The van der Waals surface area contributed by atoms with E-state index >= 15 is 0 Å². The summed E-state index contributed by atoms with van der Waals surface area (Å²) in [5, 5.41) is 11.9. The molecule has 20 heavy (non-hydrogen) atoms. The third-order valence-corrected chi connectivity index (χ3v) is 2.88. The number of methoxy groups -OCH3 is 1. The summed E-state index contributed by atoms with van der Waals surface area (Å²) in [6.45, 7) is 2.37. The first kappa shape index (κ1) is 13.7. The number of ether oxygens (including phenoxy) is 1. The Labute approximate surface area is 116 Å². The van der Waals surface area contributed by atoms with Gasteiger partial charge >= 0.3 is 5.97 Å². The van der Waals surface area contributed by atoms with Gasteiger partial charge in [0, 0.05) is 5.69 Å². The number of furan rings is 1. The van der Waals surface area contributed by atoms with E-state index in [0.29, 0.717) is 17.9 Å². The molecule has 0 saturated heterocycles. The van der Waals surface area contributed by atoms with E-state index < -0.39 is 0 Å². The first-order chi connectivity index (χ1) is 9.63. The molecule has 2 aromatic rings. The van der Waals surface area contributed by atoms with Gasteiger partial charge in [-0.25, -0.2) is 4.79 Å². The molecule has 5 nitrogen and oxygen atoms in total. The lowest BCUT2D eigenvalue weighted by molar-refractivity contribution is 0.0601. The van der Waals surface area contributed by atoms with E-state index in [-0.39, 0.29) is 11.7 Å². The number of carbonyl (C=O) groups is 1. The Morgan fingerprint density at radius 2 is 2.20 bits per heavy atom. The number of hydrogen-bond donors (Lipinski definition) is 1. The van der Waals surface area contributed by atoms with Crippen LogP contribution in [0, 0.1) is 18.3 Å². The van der Waals surface area contributed by atoms with E-state index in [1.54, 1.807) is 24.3 Å². The van der Waals surface area contributed by atoms with Crippen LogP contribution in [0.1, 0.15) is 27.4 Å². The number of rotatable bonds is 4. The highest BCUT2D eigenvalue weighted by Crippen LogP contribution is 2.19. The van der Waals surface area contributed by atoms with Gasteiger partial charge < -0.3 is 14.5 Å². The predicted molar refractivity (Wildman–Crippen MR) is 73.3 cm³/mol. The van der Waals surface area contributed by atoms with Crippen molar-refractivity contribution in [3.63, 3.8) is 0 Å². The molecular formula is C15H14N2O3. The summed E-state index contributed by atoms with van der Waals surface area (Å²) in [6, 6.07) is 10.6. The van der Waals surface area contributed by atoms with Crippen LogP contribution in [0.15, 0.2) is 34.7 Å². The van der Waals surface area contributed by atoms with Gasteiger partial charge in [-0.1, -0.05) is 6.07 Å². The molecule has 2 rings (SSSR count). The van der Waals surface area contributed by atoms with Gasteiger partial charge in [-0.15, -0.1) is 0 Å². The van der Waals surface area contributed by atoms with Crippen LogP contribution in [0.4, 0.5) is 5.69 Å². The topological polar surface area (TPSA) is 75.3 Å². The van der Waals surface area contributed by atoms with Gasteiger partial charge in [0.1, 0.15) is 11.8 Å². The SMILES string of the molecule is COC(=O)c1ccc(C)c(NCc2ccc(C#N)o2)c1. The fourth-order valence-electron chi connectivity index (χ4n) is 1.77. The van der Waals surface area contributed by atoms with Crippen LogP contribution in [0.3, 0.4) is 0 Å². The molecule has 102 valence electrons. The maximum Gasteiger partial charge on any atom is 0.337 e. The molecule has 1 aromatic heterocycles. The van der Waals surface area contributed by atoms with Gasteiger partial charge in [-0.2, -0.15) is 5.26 Å². The minimum atomic E-state index is -0.377. The van der Waals surface area contributed by atoms with Crippen LogP contribution in [-0.4, -0.2) is 13.1 Å². The molecule has 5 heteroatoms. The zero-order valence-electron chi connectivity index (χ0n) is 11.3. The number of hydrogen-bond acceptors (Lipinski definition) is 5. The minimum Gasteiger partial charge on any atom is -0.465 e. The average molecular weight is 270 g/mol. The van der Waals surface area contributed by atoms with Crippen LogP contribution in [-0.2, 0) is 11.3 Å². The molecule has 0 saturated carbocycles. The molecule has 0 aliphatic rings. The molecule has 0 spiro atoms. The lowest BCUT2D eigenvalue weighted by Crippen LogP contribution is -2.05. The molecule has 0 radical (unpaired) electrons. The average Bonchev–Trinajstić information content (AvgIpc) is 2.93. The van der Waals surface area contributed by atoms with Crippen molar-refractivity contribution in [1.29, 1.82) is 5.26 Å². The summed E-state index contributed by atoms with van der Waals surface area (Å²) in [5.74, 6) is 0.559. The Morgan fingerprint density at radius 3 is 2.85 bits per heavy atom. The molecule has 1 N–H and O–H groups in total. The van der Waals surface area contributed by atoms with Crippen LogP contribution < -0.4 is 5.32 Å². The van der Waals surface area contributed by atoms with Crippen molar-refractivity contribution in [3.8, 4) is 6.07 Å². The monoisotopic (exact) mass is 270 g/mol. The van der Waals surface area contributed by atoms with Crippen molar-refractivity contribution in [2.45, 2.75) is 13.5 Å². The Hall–Kier alpha value is -2.74. The molecule has 1 aromatic carbocycles. The molecule has 0 atom stereocenters. The number of benzene rings is 1. The second kappa shape index (κ2) is 5.93. The number of nitriles is 1. The molecule has 1 heterocycles. The molecular weight excluding hydrogens is 256 g/mol. The van der Waals surface area contributed by atoms with Crippen molar-refractivity contribution in [3.05, 3.63) is 53.0 Å². The highest BCUT2D eigenvalue weighted by molar-refractivity contribution is 5.90. The van der Waals surface area contributed by atoms with Gasteiger partial charge in [0.05, 0.1) is 19.2 Å². The molecule has 0 aliphatic carbocycles.